The highest BCUT2D eigenvalue weighted by Crippen LogP contribution is 2.31. The predicted molar refractivity (Wildman–Crippen MR) is 83.5 cm³/mol. The van der Waals surface area contributed by atoms with E-state index >= 15 is 0 Å². The van der Waals surface area contributed by atoms with Crippen molar-refractivity contribution in [1.29, 1.82) is 0 Å². The molecule has 1 heterocycles. The molecule has 0 unspecified atom stereocenters. The summed E-state index contributed by atoms with van der Waals surface area (Å²) in [5.41, 5.74) is 0.769. The molecule has 0 fully saturated rings. The lowest BCUT2D eigenvalue weighted by Crippen LogP contribution is -2.03. The van der Waals surface area contributed by atoms with Gasteiger partial charge in [-0.15, -0.1) is 6.58 Å². The van der Waals surface area contributed by atoms with Crippen LogP contribution in [0.25, 0.3) is 0 Å². The number of benzene rings is 1. The molecule has 110 valence electrons. The highest BCUT2D eigenvalue weighted by molar-refractivity contribution is 5.67. The topological polar surface area (TPSA) is 68.3 Å². The first-order valence-corrected chi connectivity index (χ1v) is 6.42. The average Bonchev–Trinajstić information content (AvgIpc) is 2.53. The first-order chi connectivity index (χ1) is 10.3. The summed E-state index contributed by atoms with van der Waals surface area (Å²) in [5, 5.41) is 6.30. The lowest BCUT2D eigenvalue weighted by molar-refractivity contribution is 0.405. The number of nitrogens with one attached hydrogen (secondary N) is 2. The smallest absolute Gasteiger partial charge is 0.142 e. The van der Waals surface area contributed by atoms with E-state index in [1.165, 1.54) is 6.33 Å². The van der Waals surface area contributed by atoms with Crippen molar-refractivity contribution < 1.29 is 9.47 Å². The van der Waals surface area contributed by atoms with Crippen molar-refractivity contribution in [3.05, 3.63) is 43.2 Å². The van der Waals surface area contributed by atoms with E-state index in [-0.39, 0.29) is 0 Å². The van der Waals surface area contributed by atoms with Gasteiger partial charge in [0.1, 0.15) is 29.5 Å². The van der Waals surface area contributed by atoms with Crippen LogP contribution in [-0.4, -0.2) is 30.7 Å². The van der Waals surface area contributed by atoms with Gasteiger partial charge in [-0.25, -0.2) is 9.97 Å². The molecule has 1 aromatic heterocycles. The number of nitrogens with zero attached hydrogens (tertiary/aromatic N) is 2. The highest BCUT2D eigenvalue weighted by atomic mass is 16.5. The van der Waals surface area contributed by atoms with E-state index in [4.69, 9.17) is 9.47 Å². The van der Waals surface area contributed by atoms with Gasteiger partial charge in [-0.3, -0.25) is 0 Å². The van der Waals surface area contributed by atoms with Gasteiger partial charge < -0.3 is 20.1 Å². The summed E-state index contributed by atoms with van der Waals surface area (Å²) in [6.45, 7) is 4.29. The van der Waals surface area contributed by atoms with Gasteiger partial charge in [0, 0.05) is 18.7 Å². The van der Waals surface area contributed by atoms with E-state index in [1.54, 1.807) is 20.3 Å². The molecular formula is C15H18N4O2. The molecule has 0 atom stereocenters. The Kier molecular flexibility index (Phi) is 4.98. The molecule has 0 amide bonds. The van der Waals surface area contributed by atoms with Crippen LogP contribution in [0.3, 0.4) is 0 Å². The Balaban J connectivity index is 2.22. The molecular weight excluding hydrogens is 268 g/mol. The largest absolute Gasteiger partial charge is 0.497 e. The Morgan fingerprint density at radius 1 is 1.14 bits per heavy atom. The monoisotopic (exact) mass is 286 g/mol. The fraction of sp³-hybridized carbons (Fsp3) is 0.200. The second-order valence-electron chi connectivity index (χ2n) is 4.15. The molecule has 0 saturated carbocycles. The van der Waals surface area contributed by atoms with Gasteiger partial charge in [0.25, 0.3) is 0 Å². The van der Waals surface area contributed by atoms with Crippen molar-refractivity contribution in [3.8, 4) is 11.5 Å². The van der Waals surface area contributed by atoms with Crippen molar-refractivity contribution >= 4 is 17.3 Å². The van der Waals surface area contributed by atoms with Gasteiger partial charge in [-0.1, -0.05) is 6.08 Å². The quantitative estimate of drug-likeness (QED) is 0.763. The Hall–Kier alpha value is -2.76. The van der Waals surface area contributed by atoms with Crippen molar-refractivity contribution in [1.82, 2.24) is 9.97 Å². The van der Waals surface area contributed by atoms with Gasteiger partial charge in [0.15, 0.2) is 0 Å². The molecule has 0 aliphatic rings. The number of aromatic nitrogens is 2. The first kappa shape index (κ1) is 14.6. The zero-order chi connectivity index (χ0) is 15.1. The number of hydrogen-bond donors (Lipinski definition) is 2. The summed E-state index contributed by atoms with van der Waals surface area (Å²) >= 11 is 0. The van der Waals surface area contributed by atoms with Crippen LogP contribution >= 0.6 is 0 Å². The van der Waals surface area contributed by atoms with Crippen LogP contribution in [0.5, 0.6) is 11.5 Å². The van der Waals surface area contributed by atoms with Crippen LogP contribution < -0.4 is 20.1 Å². The Labute approximate surface area is 123 Å². The zero-order valence-corrected chi connectivity index (χ0v) is 12.1. The summed E-state index contributed by atoms with van der Waals surface area (Å²) < 4.78 is 10.5. The molecule has 2 N–H and O–H groups in total. The summed E-state index contributed by atoms with van der Waals surface area (Å²) in [6.07, 6.45) is 3.25. The van der Waals surface area contributed by atoms with Gasteiger partial charge in [-0.2, -0.15) is 0 Å². The van der Waals surface area contributed by atoms with Crippen LogP contribution in [0.15, 0.2) is 43.2 Å². The minimum Gasteiger partial charge on any atom is -0.497 e. The molecule has 0 bridgehead atoms. The molecule has 0 spiro atoms. The first-order valence-electron chi connectivity index (χ1n) is 6.42. The van der Waals surface area contributed by atoms with E-state index < -0.39 is 0 Å². The standard InChI is InChI=1S/C15H18N4O2/c1-4-7-16-14-9-15(18-10-17-14)19-12-8-11(20-2)5-6-13(12)21-3/h4-6,8-10H,1,7H2,2-3H3,(H2,16,17,18,19). The van der Waals surface area contributed by atoms with Gasteiger partial charge in [-0.05, 0) is 12.1 Å². The van der Waals surface area contributed by atoms with Crippen molar-refractivity contribution in [2.45, 2.75) is 0 Å². The lowest BCUT2D eigenvalue weighted by Gasteiger charge is -2.12. The normalized spacial score (nSPS) is 9.81. The molecule has 1 aromatic carbocycles. The molecule has 2 rings (SSSR count). The average molecular weight is 286 g/mol. The second kappa shape index (κ2) is 7.14. The fourth-order valence-corrected chi connectivity index (χ4v) is 1.75. The van der Waals surface area contributed by atoms with Gasteiger partial charge in [0.05, 0.1) is 19.9 Å². The van der Waals surface area contributed by atoms with E-state index in [2.05, 4.69) is 27.2 Å². The van der Waals surface area contributed by atoms with Crippen LogP contribution in [0.4, 0.5) is 17.3 Å². The third-order valence-electron chi connectivity index (χ3n) is 2.76. The number of methoxy groups -OCH3 is 2. The van der Waals surface area contributed by atoms with E-state index in [0.29, 0.717) is 23.9 Å². The predicted octanol–water partition coefficient (Wildman–Crippen LogP) is 2.84. The maximum absolute atomic E-state index is 5.32. The Bertz CT molecular complexity index is 616. The van der Waals surface area contributed by atoms with Crippen LogP contribution in [0.2, 0.25) is 0 Å². The molecule has 6 heteroatoms. The molecule has 0 saturated heterocycles. The summed E-state index contributed by atoms with van der Waals surface area (Å²) in [4.78, 5) is 8.32. The van der Waals surface area contributed by atoms with Crippen LogP contribution in [0.1, 0.15) is 0 Å². The number of hydrogen-bond acceptors (Lipinski definition) is 6. The minimum absolute atomic E-state index is 0.638. The SMILES string of the molecule is C=CCNc1cc(Nc2cc(OC)ccc2OC)ncn1. The van der Waals surface area contributed by atoms with E-state index in [9.17, 15) is 0 Å². The fourth-order valence-electron chi connectivity index (χ4n) is 1.75. The summed E-state index contributed by atoms with van der Waals surface area (Å²) in [7, 11) is 3.23. The molecule has 0 aliphatic carbocycles. The van der Waals surface area contributed by atoms with E-state index in [1.807, 2.05) is 24.3 Å². The lowest BCUT2D eigenvalue weighted by atomic mass is 10.2. The Morgan fingerprint density at radius 3 is 2.67 bits per heavy atom. The third kappa shape index (κ3) is 3.85. The second-order valence-corrected chi connectivity index (χ2v) is 4.15. The number of anilines is 3. The zero-order valence-electron chi connectivity index (χ0n) is 12.1. The maximum Gasteiger partial charge on any atom is 0.142 e. The van der Waals surface area contributed by atoms with Gasteiger partial charge in [0.2, 0.25) is 0 Å². The van der Waals surface area contributed by atoms with Crippen molar-refractivity contribution in [2.75, 3.05) is 31.4 Å². The maximum atomic E-state index is 5.32. The molecule has 21 heavy (non-hydrogen) atoms. The van der Waals surface area contributed by atoms with Gasteiger partial charge >= 0.3 is 0 Å². The Morgan fingerprint density at radius 2 is 1.95 bits per heavy atom. The number of ether oxygens (including phenoxy) is 2. The molecule has 2 aromatic rings. The van der Waals surface area contributed by atoms with Crippen molar-refractivity contribution in [2.24, 2.45) is 0 Å². The minimum atomic E-state index is 0.638. The van der Waals surface area contributed by atoms with E-state index in [0.717, 1.165) is 11.4 Å². The summed E-state index contributed by atoms with van der Waals surface area (Å²) in [5.74, 6) is 2.81. The van der Waals surface area contributed by atoms with Crippen molar-refractivity contribution in [3.63, 3.8) is 0 Å². The number of rotatable bonds is 7. The third-order valence-corrected chi connectivity index (χ3v) is 2.76. The highest BCUT2D eigenvalue weighted by Gasteiger charge is 2.06. The molecule has 0 aliphatic heterocycles. The summed E-state index contributed by atoms with van der Waals surface area (Å²) in [6, 6.07) is 7.32. The molecule has 0 radical (unpaired) electrons. The van der Waals surface area contributed by atoms with Crippen LogP contribution in [-0.2, 0) is 0 Å². The molecule has 6 nitrogen and oxygen atoms in total. The van der Waals surface area contributed by atoms with Crippen LogP contribution in [0, 0.1) is 0 Å².